The largest absolute Gasteiger partial charge is 0.481 e. The SMILES string of the molecule is CC(=O)CCC(=O)C(O)(CC(=O)O)C[N+](C)(C)C. The molecule has 0 aliphatic carbocycles. The van der Waals surface area contributed by atoms with Crippen LogP contribution in [-0.4, -0.2) is 65.5 Å². The van der Waals surface area contributed by atoms with Gasteiger partial charge in [-0.15, -0.1) is 0 Å². The molecular formula is C12H22NO5+. The van der Waals surface area contributed by atoms with Crippen LogP contribution in [0.2, 0.25) is 0 Å². The van der Waals surface area contributed by atoms with Crippen LogP contribution in [0.15, 0.2) is 0 Å². The molecule has 0 radical (unpaired) electrons. The highest BCUT2D eigenvalue weighted by Crippen LogP contribution is 2.18. The molecule has 0 aliphatic rings. The third-order valence-electron chi connectivity index (χ3n) is 2.40. The van der Waals surface area contributed by atoms with Crippen LogP contribution in [0.4, 0.5) is 0 Å². The molecule has 6 heteroatoms. The first-order valence-electron chi connectivity index (χ1n) is 5.74. The van der Waals surface area contributed by atoms with Crippen LogP contribution in [0.25, 0.3) is 0 Å². The fourth-order valence-corrected chi connectivity index (χ4v) is 1.80. The lowest BCUT2D eigenvalue weighted by Gasteiger charge is -2.33. The predicted molar refractivity (Wildman–Crippen MR) is 65.0 cm³/mol. The van der Waals surface area contributed by atoms with Crippen molar-refractivity contribution in [1.29, 1.82) is 0 Å². The molecule has 0 aromatic carbocycles. The number of ketones is 2. The summed E-state index contributed by atoms with van der Waals surface area (Å²) in [7, 11) is 5.27. The molecule has 0 bridgehead atoms. The van der Waals surface area contributed by atoms with Crippen molar-refractivity contribution >= 4 is 17.5 Å². The van der Waals surface area contributed by atoms with E-state index in [-0.39, 0.29) is 29.7 Å². The third-order valence-corrected chi connectivity index (χ3v) is 2.40. The Labute approximate surface area is 107 Å². The lowest BCUT2D eigenvalue weighted by atomic mass is 9.90. The van der Waals surface area contributed by atoms with E-state index in [1.807, 2.05) is 0 Å². The summed E-state index contributed by atoms with van der Waals surface area (Å²) in [4.78, 5) is 33.5. The topological polar surface area (TPSA) is 91.7 Å². The molecule has 0 rings (SSSR count). The van der Waals surface area contributed by atoms with Crippen LogP contribution in [0.3, 0.4) is 0 Å². The highest BCUT2D eigenvalue weighted by molar-refractivity contribution is 5.93. The summed E-state index contributed by atoms with van der Waals surface area (Å²) in [6, 6.07) is 0. The van der Waals surface area contributed by atoms with E-state index in [0.29, 0.717) is 0 Å². The Bertz CT molecular complexity index is 345. The van der Waals surface area contributed by atoms with E-state index in [1.165, 1.54) is 6.92 Å². The van der Waals surface area contributed by atoms with Crippen LogP contribution in [0.1, 0.15) is 26.2 Å². The Kier molecular flexibility index (Phi) is 5.63. The molecule has 104 valence electrons. The first-order chi connectivity index (χ1) is 7.96. The number of hydrogen-bond donors (Lipinski definition) is 2. The van der Waals surface area contributed by atoms with E-state index in [0.717, 1.165) is 0 Å². The van der Waals surface area contributed by atoms with Crippen LogP contribution in [0.5, 0.6) is 0 Å². The number of carbonyl (C=O) groups is 3. The van der Waals surface area contributed by atoms with Gasteiger partial charge in [0.2, 0.25) is 0 Å². The number of aliphatic carboxylic acids is 1. The van der Waals surface area contributed by atoms with Gasteiger partial charge in [-0.1, -0.05) is 0 Å². The van der Waals surface area contributed by atoms with E-state index in [9.17, 15) is 19.5 Å². The van der Waals surface area contributed by atoms with E-state index >= 15 is 0 Å². The number of carboxylic acids is 1. The van der Waals surface area contributed by atoms with Gasteiger partial charge in [-0.05, 0) is 6.92 Å². The maximum atomic E-state index is 11.9. The van der Waals surface area contributed by atoms with Crippen LogP contribution < -0.4 is 0 Å². The van der Waals surface area contributed by atoms with Crippen molar-refractivity contribution in [1.82, 2.24) is 0 Å². The molecule has 18 heavy (non-hydrogen) atoms. The fourth-order valence-electron chi connectivity index (χ4n) is 1.80. The second kappa shape index (κ2) is 6.06. The molecule has 0 aromatic heterocycles. The van der Waals surface area contributed by atoms with Gasteiger partial charge < -0.3 is 19.5 Å². The molecule has 0 aromatic rings. The summed E-state index contributed by atoms with van der Waals surface area (Å²) < 4.78 is 0.260. The Morgan fingerprint density at radius 2 is 1.61 bits per heavy atom. The first-order valence-corrected chi connectivity index (χ1v) is 5.74. The monoisotopic (exact) mass is 260 g/mol. The number of likely N-dealkylation sites (N-methyl/N-ethyl adjacent to an activating group) is 1. The van der Waals surface area contributed by atoms with Gasteiger partial charge in [0, 0.05) is 12.8 Å². The van der Waals surface area contributed by atoms with Crippen molar-refractivity contribution in [3.8, 4) is 0 Å². The molecule has 0 heterocycles. The van der Waals surface area contributed by atoms with Gasteiger partial charge in [0.15, 0.2) is 11.4 Å². The van der Waals surface area contributed by atoms with Crippen LogP contribution in [0, 0.1) is 0 Å². The van der Waals surface area contributed by atoms with Gasteiger partial charge in [-0.2, -0.15) is 0 Å². The van der Waals surface area contributed by atoms with Crippen molar-refractivity contribution in [2.75, 3.05) is 27.7 Å². The normalized spacial score (nSPS) is 14.9. The molecule has 1 unspecified atom stereocenters. The minimum absolute atomic E-state index is 0.00393. The minimum atomic E-state index is -1.92. The number of Topliss-reactive ketones (excluding diaryl/α,β-unsaturated/α-hetero) is 2. The average Bonchev–Trinajstić information content (AvgIpc) is 2.09. The van der Waals surface area contributed by atoms with Gasteiger partial charge in [0.25, 0.3) is 0 Å². The molecule has 0 fully saturated rings. The van der Waals surface area contributed by atoms with Gasteiger partial charge >= 0.3 is 5.97 Å². The number of quaternary nitrogens is 1. The Balaban J connectivity index is 4.90. The highest BCUT2D eigenvalue weighted by atomic mass is 16.4. The average molecular weight is 260 g/mol. The summed E-state index contributed by atoms with van der Waals surface area (Å²) in [6.45, 7) is 1.35. The molecule has 0 aliphatic heterocycles. The maximum absolute atomic E-state index is 11.9. The zero-order valence-corrected chi connectivity index (χ0v) is 11.4. The molecule has 6 nitrogen and oxygen atoms in total. The molecule has 1 atom stereocenters. The zero-order valence-electron chi connectivity index (χ0n) is 11.4. The lowest BCUT2D eigenvalue weighted by molar-refractivity contribution is -0.875. The van der Waals surface area contributed by atoms with Crippen molar-refractivity contribution in [2.45, 2.75) is 31.8 Å². The summed E-state index contributed by atoms with van der Waals surface area (Å²) >= 11 is 0. The van der Waals surface area contributed by atoms with Crippen molar-refractivity contribution in [2.24, 2.45) is 0 Å². The number of carbonyl (C=O) groups excluding carboxylic acids is 2. The third kappa shape index (κ3) is 6.46. The standard InChI is InChI=1S/C12H21NO5/c1-9(14)5-6-10(15)12(18,7-11(16)17)8-13(2,3)4/h18H,5-8H2,1-4H3/p+1. The van der Waals surface area contributed by atoms with E-state index < -0.39 is 23.8 Å². The van der Waals surface area contributed by atoms with Crippen LogP contribution in [-0.2, 0) is 14.4 Å². The van der Waals surface area contributed by atoms with Crippen molar-refractivity contribution in [3.63, 3.8) is 0 Å². The lowest BCUT2D eigenvalue weighted by Crippen LogP contribution is -2.54. The summed E-state index contributed by atoms with van der Waals surface area (Å²) in [6.07, 6.45) is -0.740. The quantitative estimate of drug-likeness (QED) is 0.591. The number of hydrogen-bond acceptors (Lipinski definition) is 4. The van der Waals surface area contributed by atoms with Gasteiger partial charge in [0.1, 0.15) is 12.3 Å². The van der Waals surface area contributed by atoms with E-state index in [2.05, 4.69) is 0 Å². The van der Waals surface area contributed by atoms with E-state index in [1.54, 1.807) is 21.1 Å². The smallest absolute Gasteiger partial charge is 0.306 e. The van der Waals surface area contributed by atoms with Crippen molar-refractivity contribution in [3.05, 3.63) is 0 Å². The van der Waals surface area contributed by atoms with E-state index in [4.69, 9.17) is 5.11 Å². The Morgan fingerprint density at radius 1 is 1.11 bits per heavy atom. The number of nitrogens with zero attached hydrogens (tertiary/aromatic N) is 1. The molecule has 0 spiro atoms. The highest BCUT2D eigenvalue weighted by Gasteiger charge is 2.42. The minimum Gasteiger partial charge on any atom is -0.481 e. The summed E-state index contributed by atoms with van der Waals surface area (Å²) in [5.74, 6) is -1.98. The Hall–Kier alpha value is -1.27. The number of aliphatic hydroxyl groups is 1. The second-order valence-electron chi connectivity index (χ2n) is 5.68. The molecule has 2 N–H and O–H groups in total. The van der Waals surface area contributed by atoms with Gasteiger partial charge in [-0.25, -0.2) is 0 Å². The van der Waals surface area contributed by atoms with Gasteiger partial charge in [-0.3, -0.25) is 9.59 Å². The number of rotatable bonds is 8. The Morgan fingerprint density at radius 3 is 1.94 bits per heavy atom. The first kappa shape index (κ1) is 16.7. The van der Waals surface area contributed by atoms with Crippen molar-refractivity contribution < 1.29 is 29.1 Å². The molecule has 0 saturated carbocycles. The summed E-state index contributed by atoms with van der Waals surface area (Å²) in [5.41, 5.74) is -1.92. The second-order valence-corrected chi connectivity index (χ2v) is 5.68. The number of carboxylic acid groups (broad SMARTS) is 1. The zero-order chi connectivity index (χ0) is 14.6. The molecule has 0 amide bonds. The molecule has 0 saturated heterocycles. The molecular weight excluding hydrogens is 238 g/mol. The van der Waals surface area contributed by atoms with Crippen LogP contribution >= 0.6 is 0 Å². The summed E-state index contributed by atoms with van der Waals surface area (Å²) in [5, 5.41) is 19.0. The van der Waals surface area contributed by atoms with Gasteiger partial charge in [0.05, 0.1) is 27.6 Å². The predicted octanol–water partition coefficient (Wildman–Crippen LogP) is -0.163. The maximum Gasteiger partial charge on any atom is 0.306 e. The fraction of sp³-hybridized carbons (Fsp3) is 0.750.